The van der Waals surface area contributed by atoms with Gasteiger partial charge in [-0.2, -0.15) is 0 Å². The van der Waals surface area contributed by atoms with Crippen LogP contribution in [0, 0.1) is 0 Å². The molecule has 0 spiro atoms. The van der Waals surface area contributed by atoms with Gasteiger partial charge in [0, 0.05) is 16.0 Å². The van der Waals surface area contributed by atoms with Crippen molar-refractivity contribution in [1.29, 1.82) is 0 Å². The third-order valence-corrected chi connectivity index (χ3v) is 8.30. The quantitative estimate of drug-likeness (QED) is 0.160. The first-order valence-corrected chi connectivity index (χ1v) is 13.7. The van der Waals surface area contributed by atoms with Gasteiger partial charge in [0.2, 0.25) is 0 Å². The summed E-state index contributed by atoms with van der Waals surface area (Å²) in [7, 11) is 0. The Morgan fingerprint density at radius 1 is 0.971 bits per heavy atom. The van der Waals surface area contributed by atoms with Gasteiger partial charge in [0.1, 0.15) is 12.4 Å². The smallest absolute Gasteiger partial charge is 0.270 e. The summed E-state index contributed by atoms with van der Waals surface area (Å²) in [5.41, 5.74) is 2.53. The predicted octanol–water partition coefficient (Wildman–Crippen LogP) is 9.00. The van der Waals surface area contributed by atoms with E-state index in [0.717, 1.165) is 36.5 Å². The number of rotatable bonds is 5. The zero-order valence-corrected chi connectivity index (χ0v) is 23.6. The van der Waals surface area contributed by atoms with Crippen molar-refractivity contribution < 1.29 is 9.53 Å². The van der Waals surface area contributed by atoms with Crippen LogP contribution in [0.3, 0.4) is 0 Å². The molecule has 174 valence electrons. The molecule has 0 atom stereocenters. The first-order chi connectivity index (χ1) is 16.9. The Hall–Kier alpha value is -2.16. The average Bonchev–Trinajstić information content (AvgIpc) is 3.11. The molecule has 5 rings (SSSR count). The minimum Gasteiger partial charge on any atom is -0.486 e. The summed E-state index contributed by atoms with van der Waals surface area (Å²) in [6, 6.07) is 25.3. The number of carbonyl (C=O) groups excluding carboxylic acids is 1. The lowest BCUT2D eigenvalue weighted by molar-refractivity contribution is -0.113. The fourth-order valence-corrected chi connectivity index (χ4v) is 6.72. The molecule has 1 amide bonds. The van der Waals surface area contributed by atoms with Crippen molar-refractivity contribution in [3.05, 3.63) is 109 Å². The second-order valence-corrected chi connectivity index (χ2v) is 11.5. The zero-order chi connectivity index (χ0) is 24.5. The second-order valence-electron chi connectivity index (χ2n) is 7.71. The molecule has 1 aliphatic heterocycles. The zero-order valence-electron chi connectivity index (χ0n) is 18.0. The van der Waals surface area contributed by atoms with Crippen LogP contribution in [-0.4, -0.2) is 10.2 Å². The van der Waals surface area contributed by atoms with Crippen LogP contribution in [0.25, 0.3) is 16.8 Å². The van der Waals surface area contributed by atoms with E-state index in [0.29, 0.717) is 26.6 Å². The van der Waals surface area contributed by atoms with E-state index >= 15 is 0 Å². The summed E-state index contributed by atoms with van der Waals surface area (Å²) < 4.78 is 8.04. The van der Waals surface area contributed by atoms with Crippen LogP contribution < -0.4 is 9.64 Å². The number of hydrogen-bond acceptors (Lipinski definition) is 4. The van der Waals surface area contributed by atoms with Crippen molar-refractivity contribution in [3.8, 4) is 5.75 Å². The number of hydrogen-bond donors (Lipinski definition) is 0. The van der Waals surface area contributed by atoms with E-state index in [-0.39, 0.29) is 5.91 Å². The first kappa shape index (κ1) is 24.5. The van der Waals surface area contributed by atoms with Gasteiger partial charge >= 0.3 is 0 Å². The molecule has 0 radical (unpaired) electrons. The number of thioether (sulfide) groups is 1. The number of ether oxygens (including phenoxy) is 1. The summed E-state index contributed by atoms with van der Waals surface area (Å²) >= 11 is 20.3. The molecule has 0 N–H and O–H groups in total. The molecule has 0 unspecified atom stereocenters. The van der Waals surface area contributed by atoms with Crippen molar-refractivity contribution in [1.82, 2.24) is 0 Å². The van der Waals surface area contributed by atoms with Gasteiger partial charge < -0.3 is 4.74 Å². The largest absolute Gasteiger partial charge is 0.486 e. The Labute approximate surface area is 234 Å². The van der Waals surface area contributed by atoms with Gasteiger partial charge in [0.15, 0.2) is 4.32 Å². The van der Waals surface area contributed by atoms with Gasteiger partial charge in [-0.05, 0) is 73.2 Å². The van der Waals surface area contributed by atoms with Gasteiger partial charge in [0.05, 0.1) is 19.5 Å². The molecule has 8 heteroatoms. The summed E-state index contributed by atoms with van der Waals surface area (Å²) in [5.74, 6) is 0.521. The van der Waals surface area contributed by atoms with Gasteiger partial charge in [-0.3, -0.25) is 9.69 Å². The van der Waals surface area contributed by atoms with Crippen molar-refractivity contribution in [2.75, 3.05) is 4.90 Å². The van der Waals surface area contributed by atoms with E-state index in [9.17, 15) is 4.79 Å². The molecular formula is C27H16Br2ClNO2S2. The number of fused-ring (bicyclic) bond motifs is 1. The summed E-state index contributed by atoms with van der Waals surface area (Å²) in [4.78, 5) is 15.6. The number of benzene rings is 4. The molecule has 1 aliphatic rings. The number of nitrogens with zero attached hydrogens (tertiary/aromatic N) is 1. The molecule has 3 nitrogen and oxygen atoms in total. The molecule has 35 heavy (non-hydrogen) atoms. The van der Waals surface area contributed by atoms with Crippen LogP contribution >= 0.6 is 67.4 Å². The third-order valence-electron chi connectivity index (χ3n) is 5.45. The molecule has 4 aromatic rings. The summed E-state index contributed by atoms with van der Waals surface area (Å²) in [6.07, 6.45) is 1.85. The van der Waals surface area contributed by atoms with E-state index in [1.807, 2.05) is 84.9 Å². The van der Waals surface area contributed by atoms with Crippen molar-refractivity contribution >= 4 is 100 Å². The molecule has 0 aliphatic carbocycles. The maximum atomic E-state index is 13.4. The molecule has 4 aromatic carbocycles. The Bertz CT molecular complexity index is 1490. The van der Waals surface area contributed by atoms with Gasteiger partial charge in [-0.15, -0.1) is 0 Å². The van der Waals surface area contributed by atoms with Gasteiger partial charge in [-0.25, -0.2) is 0 Å². The van der Waals surface area contributed by atoms with Crippen LogP contribution in [0.1, 0.15) is 11.1 Å². The van der Waals surface area contributed by atoms with Gasteiger partial charge in [-0.1, -0.05) is 90.2 Å². The molecule has 0 aromatic heterocycles. The van der Waals surface area contributed by atoms with Gasteiger partial charge in [0.25, 0.3) is 5.91 Å². The van der Waals surface area contributed by atoms with E-state index < -0.39 is 0 Å². The Morgan fingerprint density at radius 3 is 2.43 bits per heavy atom. The minimum absolute atomic E-state index is 0.136. The lowest BCUT2D eigenvalue weighted by Gasteiger charge is -2.17. The Kier molecular flexibility index (Phi) is 7.32. The number of anilines is 1. The first-order valence-electron chi connectivity index (χ1n) is 10.5. The van der Waals surface area contributed by atoms with E-state index in [4.69, 9.17) is 28.6 Å². The number of thiocarbonyl (C=S) groups is 1. The van der Waals surface area contributed by atoms with E-state index in [2.05, 4.69) is 31.9 Å². The highest BCUT2D eigenvalue weighted by Gasteiger charge is 2.34. The SMILES string of the molecule is O=C1/C(=C/c2cc(Br)c(OCc3ccccc3Cl)c(Br)c2)SC(=S)N1c1cccc2ccccc12. The highest BCUT2D eigenvalue weighted by atomic mass is 79.9. The molecule has 1 fully saturated rings. The Morgan fingerprint density at radius 2 is 1.66 bits per heavy atom. The lowest BCUT2D eigenvalue weighted by atomic mass is 10.1. The fourth-order valence-electron chi connectivity index (χ4n) is 3.80. The van der Waals surface area contributed by atoms with Crippen LogP contribution in [0.2, 0.25) is 5.02 Å². The van der Waals surface area contributed by atoms with Crippen LogP contribution in [-0.2, 0) is 11.4 Å². The monoisotopic (exact) mass is 643 g/mol. The van der Waals surface area contributed by atoms with Crippen LogP contribution in [0.15, 0.2) is 92.7 Å². The topological polar surface area (TPSA) is 29.5 Å². The fraction of sp³-hybridized carbons (Fsp3) is 0.0370. The second kappa shape index (κ2) is 10.4. The highest BCUT2D eigenvalue weighted by molar-refractivity contribution is 9.11. The maximum absolute atomic E-state index is 13.4. The molecule has 0 bridgehead atoms. The van der Waals surface area contributed by atoms with Crippen LogP contribution in [0.4, 0.5) is 5.69 Å². The lowest BCUT2D eigenvalue weighted by Crippen LogP contribution is -2.27. The Balaban J connectivity index is 1.41. The maximum Gasteiger partial charge on any atom is 0.270 e. The number of carbonyl (C=O) groups is 1. The third kappa shape index (κ3) is 5.06. The van der Waals surface area contributed by atoms with E-state index in [1.165, 1.54) is 11.8 Å². The van der Waals surface area contributed by atoms with Crippen molar-refractivity contribution in [2.45, 2.75) is 6.61 Å². The van der Waals surface area contributed by atoms with Crippen molar-refractivity contribution in [3.63, 3.8) is 0 Å². The summed E-state index contributed by atoms with van der Waals surface area (Å²) in [6.45, 7) is 0.333. The highest BCUT2D eigenvalue weighted by Crippen LogP contribution is 2.41. The minimum atomic E-state index is -0.136. The molecule has 1 saturated heterocycles. The average molecular weight is 646 g/mol. The molecule has 1 heterocycles. The van der Waals surface area contributed by atoms with E-state index in [1.54, 1.807) is 4.90 Å². The summed E-state index contributed by atoms with van der Waals surface area (Å²) in [5, 5.41) is 2.70. The van der Waals surface area contributed by atoms with Crippen molar-refractivity contribution in [2.24, 2.45) is 0 Å². The number of amides is 1. The molecule has 0 saturated carbocycles. The number of halogens is 3. The van der Waals surface area contributed by atoms with Crippen LogP contribution in [0.5, 0.6) is 5.75 Å². The normalized spacial score (nSPS) is 14.8. The predicted molar refractivity (Wildman–Crippen MR) is 157 cm³/mol. The molecular weight excluding hydrogens is 630 g/mol. The standard InChI is InChI=1S/C27H16Br2ClNO2S2/c28-20-12-16(13-21(29)25(20)33-15-18-7-2-4-10-22(18)30)14-24-26(32)31(27(34)35-24)23-11-5-8-17-6-1-3-9-19(17)23/h1-14H,15H2/b24-14-.